The van der Waals surface area contributed by atoms with E-state index < -0.39 is 23.8 Å². The van der Waals surface area contributed by atoms with Crippen LogP contribution in [0.4, 0.5) is 10.1 Å². The zero-order chi connectivity index (χ0) is 21.8. The van der Waals surface area contributed by atoms with Crippen LogP contribution in [-0.2, 0) is 20.9 Å². The molecule has 30 heavy (non-hydrogen) atoms. The smallest absolute Gasteiger partial charge is 0.349 e. The highest BCUT2D eigenvalue weighted by atomic mass is 35.5. The van der Waals surface area contributed by atoms with Gasteiger partial charge in [-0.1, -0.05) is 17.7 Å². The molecule has 1 heterocycles. The van der Waals surface area contributed by atoms with Gasteiger partial charge in [0.25, 0.3) is 5.91 Å². The number of hydrogen-bond acceptors (Lipinski definition) is 6. The van der Waals surface area contributed by atoms with Crippen LogP contribution < -0.4 is 5.32 Å². The van der Waals surface area contributed by atoms with E-state index in [0.29, 0.717) is 21.3 Å². The molecule has 9 heteroatoms. The zero-order valence-electron chi connectivity index (χ0n) is 16.0. The van der Waals surface area contributed by atoms with Gasteiger partial charge in [0.2, 0.25) is 0 Å². The van der Waals surface area contributed by atoms with Crippen molar-refractivity contribution in [3.05, 3.63) is 63.2 Å². The normalized spacial score (nSPS) is 11.7. The van der Waals surface area contributed by atoms with E-state index in [1.165, 1.54) is 38.3 Å². The molecule has 6 nitrogen and oxygen atoms in total. The quantitative estimate of drug-likeness (QED) is 0.544. The number of rotatable bonds is 6. The van der Waals surface area contributed by atoms with Crippen molar-refractivity contribution < 1.29 is 23.5 Å². The van der Waals surface area contributed by atoms with Crippen LogP contribution >= 0.6 is 22.9 Å². The fourth-order valence-electron chi connectivity index (χ4n) is 2.81. The molecule has 1 amide bonds. The highest BCUT2D eigenvalue weighted by Crippen LogP contribution is 2.34. The Bertz CT molecular complexity index is 1170. The van der Waals surface area contributed by atoms with Crippen LogP contribution in [0.5, 0.6) is 0 Å². The maximum atomic E-state index is 14.3. The minimum Gasteiger partial charge on any atom is -0.448 e. The van der Waals surface area contributed by atoms with E-state index in [2.05, 4.69) is 5.32 Å². The van der Waals surface area contributed by atoms with Crippen molar-refractivity contribution in [2.75, 3.05) is 12.4 Å². The first kappa shape index (κ1) is 21.7. The van der Waals surface area contributed by atoms with Crippen molar-refractivity contribution >= 4 is 50.6 Å². The summed E-state index contributed by atoms with van der Waals surface area (Å²) in [6.45, 7) is 1.44. The number of halogens is 2. The van der Waals surface area contributed by atoms with Crippen molar-refractivity contribution in [1.82, 2.24) is 0 Å². The van der Waals surface area contributed by atoms with E-state index in [4.69, 9.17) is 26.3 Å². The number of fused-ring (bicyclic) bond motifs is 1. The lowest BCUT2D eigenvalue weighted by Crippen LogP contribution is -2.30. The van der Waals surface area contributed by atoms with Gasteiger partial charge in [-0.05, 0) is 37.3 Å². The minimum atomic E-state index is -1.13. The molecular weight excluding hydrogens is 431 g/mol. The molecule has 0 spiro atoms. The fourth-order valence-corrected chi connectivity index (χ4v) is 4.14. The lowest BCUT2D eigenvalue weighted by molar-refractivity contribution is -0.123. The van der Waals surface area contributed by atoms with Gasteiger partial charge in [0.15, 0.2) is 6.10 Å². The lowest BCUT2D eigenvalue weighted by atomic mass is 10.1. The topological polar surface area (TPSA) is 88.4 Å². The van der Waals surface area contributed by atoms with E-state index in [1.807, 2.05) is 6.07 Å². The number of nitrogens with one attached hydrogen (secondary N) is 1. The predicted molar refractivity (Wildman–Crippen MR) is 112 cm³/mol. The molecule has 1 N–H and O–H groups in total. The van der Waals surface area contributed by atoms with Gasteiger partial charge in [-0.25, -0.2) is 9.18 Å². The number of ether oxygens (including phenoxy) is 2. The number of methoxy groups -OCH3 is 1. The average molecular weight is 447 g/mol. The van der Waals surface area contributed by atoms with Gasteiger partial charge >= 0.3 is 5.97 Å². The van der Waals surface area contributed by atoms with Crippen molar-refractivity contribution in [3.63, 3.8) is 0 Å². The van der Waals surface area contributed by atoms with E-state index in [9.17, 15) is 14.0 Å². The van der Waals surface area contributed by atoms with Crippen LogP contribution in [-0.4, -0.2) is 25.1 Å². The second-order valence-corrected chi connectivity index (χ2v) is 7.76. The number of anilines is 1. The second kappa shape index (κ2) is 9.22. The van der Waals surface area contributed by atoms with Crippen LogP contribution in [0.2, 0.25) is 5.02 Å². The van der Waals surface area contributed by atoms with Crippen LogP contribution in [0.25, 0.3) is 10.1 Å². The van der Waals surface area contributed by atoms with Crippen LogP contribution in [0.3, 0.4) is 0 Å². The summed E-state index contributed by atoms with van der Waals surface area (Å²) in [5.74, 6) is -1.79. The number of nitrogens with zero attached hydrogens (tertiary/aromatic N) is 1. The second-order valence-electron chi connectivity index (χ2n) is 6.30. The molecule has 0 aliphatic rings. The van der Waals surface area contributed by atoms with Crippen LogP contribution in [0, 0.1) is 17.1 Å². The van der Waals surface area contributed by atoms with Gasteiger partial charge in [0, 0.05) is 28.4 Å². The number of carbonyl (C=O) groups is 2. The number of carbonyl (C=O) groups excluding carboxylic acids is 2. The molecule has 0 saturated heterocycles. The Kier molecular flexibility index (Phi) is 6.67. The number of esters is 1. The first-order valence-corrected chi connectivity index (χ1v) is 9.95. The molecule has 0 aliphatic carbocycles. The summed E-state index contributed by atoms with van der Waals surface area (Å²) < 4.78 is 25.3. The van der Waals surface area contributed by atoms with E-state index in [0.717, 1.165) is 11.3 Å². The van der Waals surface area contributed by atoms with Crippen LogP contribution in [0.1, 0.15) is 27.7 Å². The predicted octanol–water partition coefficient (Wildman–Crippen LogP) is 4.90. The molecule has 0 fully saturated rings. The highest BCUT2D eigenvalue weighted by molar-refractivity contribution is 7.21. The van der Waals surface area contributed by atoms with E-state index in [-0.39, 0.29) is 22.1 Å². The fraction of sp³-hybridized carbons (Fsp3) is 0.190. The molecule has 2 aromatic carbocycles. The first-order valence-electron chi connectivity index (χ1n) is 8.76. The summed E-state index contributed by atoms with van der Waals surface area (Å²) in [6.07, 6.45) is -1.13. The van der Waals surface area contributed by atoms with Gasteiger partial charge in [-0.15, -0.1) is 11.3 Å². The Morgan fingerprint density at radius 1 is 1.33 bits per heavy atom. The van der Waals surface area contributed by atoms with Gasteiger partial charge in [0.05, 0.1) is 17.2 Å². The van der Waals surface area contributed by atoms with Crippen molar-refractivity contribution in [2.45, 2.75) is 19.6 Å². The van der Waals surface area contributed by atoms with Gasteiger partial charge in [-0.3, -0.25) is 4.79 Å². The zero-order valence-corrected chi connectivity index (χ0v) is 17.6. The van der Waals surface area contributed by atoms with E-state index in [1.54, 1.807) is 12.1 Å². The third-order valence-electron chi connectivity index (χ3n) is 4.25. The molecule has 3 aromatic rings. The Morgan fingerprint density at radius 3 is 2.77 bits per heavy atom. The molecule has 1 aromatic heterocycles. The Balaban J connectivity index is 1.78. The summed E-state index contributed by atoms with van der Waals surface area (Å²) in [7, 11) is 1.44. The van der Waals surface area contributed by atoms with Gasteiger partial charge in [0.1, 0.15) is 16.8 Å². The SMILES string of the molecule is COCc1c(C(=O)O[C@H](C)C(=O)Nc2ccc(C#N)c(Cl)c2)sc2cccc(F)c12. The number of hydrogen-bond donors (Lipinski definition) is 1. The first-order chi connectivity index (χ1) is 14.3. The number of amides is 1. The Hall–Kier alpha value is -2.99. The summed E-state index contributed by atoms with van der Waals surface area (Å²) >= 11 is 7.03. The lowest BCUT2D eigenvalue weighted by Gasteiger charge is -2.14. The van der Waals surface area contributed by atoms with Crippen molar-refractivity contribution in [1.29, 1.82) is 5.26 Å². The highest BCUT2D eigenvalue weighted by Gasteiger charge is 2.25. The third kappa shape index (κ3) is 4.44. The van der Waals surface area contributed by atoms with Crippen molar-refractivity contribution in [2.24, 2.45) is 0 Å². The summed E-state index contributed by atoms with van der Waals surface area (Å²) in [5, 5.41) is 12.0. The summed E-state index contributed by atoms with van der Waals surface area (Å²) in [4.78, 5) is 25.3. The monoisotopic (exact) mass is 446 g/mol. The van der Waals surface area contributed by atoms with Crippen LogP contribution in [0.15, 0.2) is 36.4 Å². The summed E-state index contributed by atoms with van der Waals surface area (Å²) in [5.41, 5.74) is 1.01. The molecule has 1 atom stereocenters. The Morgan fingerprint density at radius 2 is 2.10 bits per heavy atom. The van der Waals surface area contributed by atoms with Gasteiger partial charge < -0.3 is 14.8 Å². The van der Waals surface area contributed by atoms with Gasteiger partial charge in [-0.2, -0.15) is 5.26 Å². The average Bonchev–Trinajstić information content (AvgIpc) is 3.08. The maximum absolute atomic E-state index is 14.3. The molecule has 0 bridgehead atoms. The molecule has 154 valence electrons. The Labute approximate surface area is 180 Å². The third-order valence-corrected chi connectivity index (χ3v) is 5.74. The number of benzene rings is 2. The van der Waals surface area contributed by atoms with E-state index >= 15 is 0 Å². The number of thiophene rings is 1. The van der Waals surface area contributed by atoms with Crippen molar-refractivity contribution in [3.8, 4) is 6.07 Å². The maximum Gasteiger partial charge on any atom is 0.349 e. The summed E-state index contributed by atoms with van der Waals surface area (Å²) in [6, 6.07) is 10.9. The minimum absolute atomic E-state index is 0.0235. The largest absolute Gasteiger partial charge is 0.448 e. The molecule has 0 saturated carbocycles. The molecule has 0 unspecified atom stereocenters. The number of nitriles is 1. The molecule has 3 rings (SSSR count). The standard InChI is InChI=1S/C21H16ClFN2O4S/c1-11(20(26)25-13-7-6-12(9-24)15(22)8-13)29-21(27)19-14(10-28-2)18-16(23)4-3-5-17(18)30-19/h3-8,11H,10H2,1-2H3,(H,25,26)/t11-/m1/s1. The molecule has 0 aliphatic heterocycles. The molecule has 0 radical (unpaired) electrons. The molecular formula is C21H16ClFN2O4S.